The molecule has 0 bridgehead atoms. The third kappa shape index (κ3) is 4.57. The Balaban J connectivity index is 2.73. The van der Waals surface area contributed by atoms with E-state index < -0.39 is 18.0 Å². The average molecular weight is 278 g/mol. The Morgan fingerprint density at radius 1 is 1.25 bits per heavy atom. The monoisotopic (exact) mass is 278 g/mol. The second kappa shape index (κ2) is 7.53. The first-order valence-electron chi connectivity index (χ1n) is 6.85. The van der Waals surface area contributed by atoms with E-state index in [1.165, 1.54) is 0 Å². The number of benzene rings is 1. The van der Waals surface area contributed by atoms with Crippen LogP contribution in [-0.4, -0.2) is 23.1 Å². The number of rotatable bonds is 6. The van der Waals surface area contributed by atoms with Gasteiger partial charge in [0.05, 0.1) is 0 Å². The van der Waals surface area contributed by atoms with E-state index in [0.717, 1.165) is 5.56 Å². The summed E-state index contributed by atoms with van der Waals surface area (Å²) in [5.74, 6) is -0.739. The minimum Gasteiger partial charge on any atom is -0.480 e. The minimum atomic E-state index is -1.01. The molecule has 0 aliphatic heterocycles. The van der Waals surface area contributed by atoms with Crippen LogP contribution in [0.25, 0.3) is 0 Å². The normalized spacial score (nSPS) is 12.0. The minimum absolute atomic E-state index is 0.275. The van der Waals surface area contributed by atoms with Crippen LogP contribution in [0.4, 0.5) is 10.5 Å². The number of carboxylic acids is 1. The standard InChI is InChI=1S/C15H22N2O3/c1-4-7-13(14(18)19)17-15(20)16-12-9-6-5-8-11(12)10(2)3/h5-6,8-10,13H,4,7H2,1-3H3,(H,18,19)(H2,16,17,20). The second-order valence-corrected chi connectivity index (χ2v) is 5.02. The SMILES string of the molecule is CCCC(NC(=O)Nc1ccccc1C(C)C)C(=O)O. The van der Waals surface area contributed by atoms with E-state index in [9.17, 15) is 9.59 Å². The molecule has 0 saturated heterocycles. The fourth-order valence-corrected chi connectivity index (χ4v) is 1.98. The van der Waals surface area contributed by atoms with Gasteiger partial charge in [0, 0.05) is 5.69 Å². The first-order valence-corrected chi connectivity index (χ1v) is 6.85. The average Bonchev–Trinajstić information content (AvgIpc) is 2.38. The molecule has 2 amide bonds. The maximum absolute atomic E-state index is 11.9. The number of hydrogen-bond acceptors (Lipinski definition) is 2. The molecule has 0 aliphatic rings. The summed E-state index contributed by atoms with van der Waals surface area (Å²) in [5.41, 5.74) is 1.73. The zero-order valence-corrected chi connectivity index (χ0v) is 12.1. The van der Waals surface area contributed by atoms with Crippen LogP contribution in [0, 0.1) is 0 Å². The van der Waals surface area contributed by atoms with Gasteiger partial charge in [-0.25, -0.2) is 9.59 Å². The molecule has 0 aromatic heterocycles. The van der Waals surface area contributed by atoms with Crippen LogP contribution < -0.4 is 10.6 Å². The smallest absolute Gasteiger partial charge is 0.326 e. The lowest BCUT2D eigenvalue weighted by Gasteiger charge is -2.17. The molecule has 0 radical (unpaired) electrons. The summed E-state index contributed by atoms with van der Waals surface area (Å²) in [6, 6.07) is 6.16. The molecule has 5 nitrogen and oxygen atoms in total. The van der Waals surface area contributed by atoms with Crippen molar-refractivity contribution in [2.24, 2.45) is 0 Å². The van der Waals surface area contributed by atoms with Crippen molar-refractivity contribution in [2.45, 2.75) is 45.6 Å². The Kier molecular flexibility index (Phi) is 6.03. The van der Waals surface area contributed by atoms with Crippen LogP contribution in [0.1, 0.15) is 45.1 Å². The van der Waals surface area contributed by atoms with Crippen molar-refractivity contribution in [1.29, 1.82) is 0 Å². The van der Waals surface area contributed by atoms with Crippen molar-refractivity contribution in [3.63, 3.8) is 0 Å². The number of anilines is 1. The van der Waals surface area contributed by atoms with Gasteiger partial charge in [0.2, 0.25) is 0 Å². The molecule has 0 spiro atoms. The Bertz CT molecular complexity index is 472. The molecule has 20 heavy (non-hydrogen) atoms. The number of carboxylic acid groups (broad SMARTS) is 1. The van der Waals surface area contributed by atoms with Crippen molar-refractivity contribution >= 4 is 17.7 Å². The van der Waals surface area contributed by atoms with Crippen molar-refractivity contribution in [2.75, 3.05) is 5.32 Å². The third-order valence-corrected chi connectivity index (χ3v) is 3.01. The summed E-state index contributed by atoms with van der Waals surface area (Å²) >= 11 is 0. The van der Waals surface area contributed by atoms with Crippen molar-refractivity contribution < 1.29 is 14.7 Å². The molecule has 1 rings (SSSR count). The molecule has 0 saturated carbocycles. The molecule has 110 valence electrons. The molecule has 3 N–H and O–H groups in total. The molecule has 0 aliphatic carbocycles. The summed E-state index contributed by atoms with van der Waals surface area (Å²) in [6.07, 6.45) is 1.11. The molecular formula is C15H22N2O3. The molecule has 0 fully saturated rings. The van der Waals surface area contributed by atoms with E-state index in [0.29, 0.717) is 18.5 Å². The van der Waals surface area contributed by atoms with Gasteiger partial charge < -0.3 is 15.7 Å². The van der Waals surface area contributed by atoms with Gasteiger partial charge >= 0.3 is 12.0 Å². The predicted molar refractivity (Wildman–Crippen MR) is 79.0 cm³/mol. The third-order valence-electron chi connectivity index (χ3n) is 3.01. The number of carbonyl (C=O) groups is 2. The Morgan fingerprint density at radius 3 is 2.45 bits per heavy atom. The van der Waals surface area contributed by atoms with Crippen molar-refractivity contribution in [3.05, 3.63) is 29.8 Å². The Hall–Kier alpha value is -2.04. The molecule has 5 heteroatoms. The summed E-state index contributed by atoms with van der Waals surface area (Å²) in [6.45, 7) is 5.95. The second-order valence-electron chi connectivity index (χ2n) is 5.02. The predicted octanol–water partition coefficient (Wildman–Crippen LogP) is 3.18. The summed E-state index contributed by atoms with van der Waals surface area (Å²) in [5, 5.41) is 14.2. The van der Waals surface area contributed by atoms with E-state index in [-0.39, 0.29) is 5.92 Å². The summed E-state index contributed by atoms with van der Waals surface area (Å²) < 4.78 is 0. The van der Waals surface area contributed by atoms with Crippen LogP contribution in [0.15, 0.2) is 24.3 Å². The topological polar surface area (TPSA) is 78.4 Å². The van der Waals surface area contributed by atoms with Crippen LogP contribution in [0.2, 0.25) is 0 Å². The van der Waals surface area contributed by atoms with Gasteiger partial charge in [-0.1, -0.05) is 45.4 Å². The highest BCUT2D eigenvalue weighted by Crippen LogP contribution is 2.23. The fraction of sp³-hybridized carbons (Fsp3) is 0.467. The highest BCUT2D eigenvalue weighted by Gasteiger charge is 2.19. The van der Waals surface area contributed by atoms with Gasteiger partial charge in [0.25, 0.3) is 0 Å². The number of hydrogen-bond donors (Lipinski definition) is 3. The van der Waals surface area contributed by atoms with Gasteiger partial charge in [-0.15, -0.1) is 0 Å². The highest BCUT2D eigenvalue weighted by molar-refractivity contribution is 5.92. The quantitative estimate of drug-likeness (QED) is 0.747. The van der Waals surface area contributed by atoms with E-state index in [2.05, 4.69) is 10.6 Å². The maximum Gasteiger partial charge on any atom is 0.326 e. The Morgan fingerprint density at radius 2 is 1.90 bits per heavy atom. The van der Waals surface area contributed by atoms with Gasteiger partial charge in [0.15, 0.2) is 0 Å². The summed E-state index contributed by atoms with van der Waals surface area (Å²) in [4.78, 5) is 22.9. The van der Waals surface area contributed by atoms with E-state index in [4.69, 9.17) is 5.11 Å². The lowest BCUT2D eigenvalue weighted by molar-refractivity contribution is -0.139. The fourth-order valence-electron chi connectivity index (χ4n) is 1.98. The van der Waals surface area contributed by atoms with Crippen molar-refractivity contribution in [3.8, 4) is 0 Å². The molecular weight excluding hydrogens is 256 g/mol. The lowest BCUT2D eigenvalue weighted by Crippen LogP contribution is -2.43. The van der Waals surface area contributed by atoms with E-state index in [1.54, 1.807) is 0 Å². The van der Waals surface area contributed by atoms with Crippen LogP contribution in [-0.2, 0) is 4.79 Å². The lowest BCUT2D eigenvalue weighted by atomic mass is 10.0. The van der Waals surface area contributed by atoms with E-state index >= 15 is 0 Å². The number of carbonyl (C=O) groups excluding carboxylic acids is 1. The number of para-hydroxylation sites is 1. The molecule has 1 atom stereocenters. The largest absolute Gasteiger partial charge is 0.480 e. The van der Waals surface area contributed by atoms with Crippen molar-refractivity contribution in [1.82, 2.24) is 5.32 Å². The summed E-state index contributed by atoms with van der Waals surface area (Å²) in [7, 11) is 0. The van der Waals surface area contributed by atoms with Gasteiger partial charge in [-0.2, -0.15) is 0 Å². The Labute approximate surface area is 119 Å². The zero-order chi connectivity index (χ0) is 15.1. The van der Waals surface area contributed by atoms with Crippen LogP contribution >= 0.6 is 0 Å². The molecule has 0 heterocycles. The van der Waals surface area contributed by atoms with Crippen LogP contribution in [0.5, 0.6) is 0 Å². The highest BCUT2D eigenvalue weighted by atomic mass is 16.4. The maximum atomic E-state index is 11.9. The van der Waals surface area contributed by atoms with Gasteiger partial charge in [-0.05, 0) is 24.0 Å². The van der Waals surface area contributed by atoms with E-state index in [1.807, 2.05) is 45.0 Å². The van der Waals surface area contributed by atoms with Crippen LogP contribution in [0.3, 0.4) is 0 Å². The first-order chi connectivity index (χ1) is 9.45. The van der Waals surface area contributed by atoms with Gasteiger partial charge in [-0.3, -0.25) is 0 Å². The number of nitrogens with one attached hydrogen (secondary N) is 2. The molecule has 1 unspecified atom stereocenters. The molecule has 1 aromatic rings. The molecule has 1 aromatic carbocycles. The van der Waals surface area contributed by atoms with Gasteiger partial charge in [0.1, 0.15) is 6.04 Å². The number of urea groups is 1. The first kappa shape index (κ1) is 16.0. The number of aliphatic carboxylic acids is 1. The number of amides is 2. The zero-order valence-electron chi connectivity index (χ0n) is 12.1.